The minimum Gasteiger partial charge on any atom is -0.361 e. The number of anilines is 1. The second-order valence-corrected chi connectivity index (χ2v) is 8.31. The summed E-state index contributed by atoms with van der Waals surface area (Å²) in [6.07, 6.45) is -1.09. The standard InChI is InChI=1S/C22H16F3N5OS/c23-22(24,25)19-15(12-26-10-9-13-11-27-16-6-2-1-5-14(13)16)20(31)30(29-19)21-28-17-7-3-4-8-18(17)32-21/h1-8,11-12,15,27H,9-10H2/p+1/t15-/m0/s1. The van der Waals surface area contributed by atoms with Gasteiger partial charge in [0.15, 0.2) is 17.8 Å². The molecule has 0 bridgehead atoms. The number of thiazole rings is 1. The lowest BCUT2D eigenvalue weighted by molar-refractivity contribution is -0.452. The maximum Gasteiger partial charge on any atom is 0.432 e. The SMILES string of the molecule is O=C1[C@@H](C=[NH+]CCc2c[nH]c3ccccc23)C(C(F)(F)F)=NN1c1nc2ccccc2s1. The third kappa shape index (κ3) is 3.66. The van der Waals surface area contributed by atoms with Crippen LogP contribution in [0.1, 0.15) is 5.56 Å². The van der Waals surface area contributed by atoms with Crippen LogP contribution in [0.15, 0.2) is 59.8 Å². The number of para-hydroxylation sites is 2. The van der Waals surface area contributed by atoms with E-state index in [1.807, 2.05) is 30.5 Å². The number of H-pyrrole nitrogens is 1. The van der Waals surface area contributed by atoms with Crippen molar-refractivity contribution in [2.75, 3.05) is 11.6 Å². The molecular weight excluding hydrogens is 439 g/mol. The van der Waals surface area contributed by atoms with Gasteiger partial charge in [-0.05, 0) is 23.8 Å². The highest BCUT2D eigenvalue weighted by molar-refractivity contribution is 7.22. The van der Waals surface area contributed by atoms with Crippen LogP contribution in [0.4, 0.5) is 18.3 Å². The zero-order chi connectivity index (χ0) is 22.3. The van der Waals surface area contributed by atoms with E-state index < -0.39 is 23.7 Å². The first-order chi connectivity index (χ1) is 15.4. The number of aromatic nitrogens is 2. The predicted molar refractivity (Wildman–Crippen MR) is 118 cm³/mol. The van der Waals surface area contributed by atoms with Crippen molar-refractivity contribution in [2.45, 2.75) is 12.6 Å². The number of halogens is 3. The molecule has 6 nitrogen and oxygen atoms in total. The molecule has 0 saturated heterocycles. The lowest BCUT2D eigenvalue weighted by Crippen LogP contribution is -2.71. The molecule has 0 unspecified atom stereocenters. The Bertz CT molecular complexity index is 1340. The summed E-state index contributed by atoms with van der Waals surface area (Å²) in [5.41, 5.74) is 1.49. The van der Waals surface area contributed by atoms with Crippen LogP contribution < -0.4 is 10.0 Å². The van der Waals surface area contributed by atoms with Gasteiger partial charge in [0.1, 0.15) is 6.54 Å². The summed E-state index contributed by atoms with van der Waals surface area (Å²) in [6, 6.07) is 14.9. The van der Waals surface area contributed by atoms with Crippen LogP contribution >= 0.6 is 11.3 Å². The quantitative estimate of drug-likeness (QED) is 0.453. The number of rotatable bonds is 5. The molecule has 4 aromatic rings. The molecule has 1 aliphatic rings. The molecule has 5 rings (SSSR count). The van der Waals surface area contributed by atoms with Gasteiger partial charge in [-0.15, -0.1) is 0 Å². The maximum absolute atomic E-state index is 13.6. The van der Waals surface area contributed by atoms with Gasteiger partial charge < -0.3 is 4.98 Å². The Hall–Kier alpha value is -3.53. The fourth-order valence-electron chi connectivity index (χ4n) is 3.69. The number of fused-ring (bicyclic) bond motifs is 2. The van der Waals surface area contributed by atoms with Crippen molar-refractivity contribution in [3.8, 4) is 0 Å². The van der Waals surface area contributed by atoms with E-state index in [1.165, 1.54) is 6.21 Å². The number of benzene rings is 2. The molecule has 2 aromatic carbocycles. The van der Waals surface area contributed by atoms with E-state index in [9.17, 15) is 18.0 Å². The number of hydrazone groups is 1. The summed E-state index contributed by atoms with van der Waals surface area (Å²) in [6.45, 7) is 0.373. The summed E-state index contributed by atoms with van der Waals surface area (Å²) in [5.74, 6) is -2.32. The molecule has 0 radical (unpaired) electrons. The Labute approximate surface area is 184 Å². The smallest absolute Gasteiger partial charge is 0.361 e. The van der Waals surface area contributed by atoms with E-state index in [4.69, 9.17) is 0 Å². The van der Waals surface area contributed by atoms with Crippen LogP contribution in [0.3, 0.4) is 0 Å². The lowest BCUT2D eigenvalue weighted by Gasteiger charge is -2.07. The number of hydrogen-bond donors (Lipinski definition) is 2. The van der Waals surface area contributed by atoms with Crippen LogP contribution in [0.25, 0.3) is 21.1 Å². The van der Waals surface area contributed by atoms with Gasteiger partial charge in [-0.3, -0.25) is 9.79 Å². The van der Waals surface area contributed by atoms with Gasteiger partial charge in [0, 0.05) is 23.5 Å². The van der Waals surface area contributed by atoms with Crippen molar-refractivity contribution in [3.05, 3.63) is 60.3 Å². The third-order valence-electron chi connectivity index (χ3n) is 5.23. The average molecular weight is 456 g/mol. The van der Waals surface area contributed by atoms with Gasteiger partial charge in [-0.25, -0.2) is 4.98 Å². The molecule has 0 saturated carbocycles. The second kappa shape index (κ2) is 7.86. The molecule has 1 atom stereocenters. The first kappa shape index (κ1) is 20.4. The highest BCUT2D eigenvalue weighted by atomic mass is 32.1. The Balaban J connectivity index is 1.36. The molecular formula is C22H17F3N5OS+. The molecule has 0 aliphatic carbocycles. The van der Waals surface area contributed by atoms with Crippen LogP contribution in [-0.4, -0.2) is 40.5 Å². The van der Waals surface area contributed by atoms with Crippen molar-refractivity contribution in [1.82, 2.24) is 9.97 Å². The zero-order valence-corrected chi connectivity index (χ0v) is 17.4. The number of aromatic amines is 1. The van der Waals surface area contributed by atoms with Gasteiger partial charge in [0.05, 0.1) is 10.2 Å². The number of nitrogens with one attached hydrogen (secondary N) is 2. The van der Waals surface area contributed by atoms with E-state index >= 15 is 0 Å². The molecule has 10 heteroatoms. The number of carbonyl (C=O) groups is 1. The third-order valence-corrected chi connectivity index (χ3v) is 6.24. The number of amides is 1. The Kier molecular flexibility index (Phi) is 5.01. The highest BCUT2D eigenvalue weighted by Crippen LogP contribution is 2.35. The summed E-state index contributed by atoms with van der Waals surface area (Å²) in [7, 11) is 0. The molecule has 1 amide bonds. The first-order valence-electron chi connectivity index (χ1n) is 9.89. The van der Waals surface area contributed by atoms with Gasteiger partial charge in [0.25, 0.3) is 5.91 Å². The maximum atomic E-state index is 13.6. The number of nitrogens with zero attached hydrogens (tertiary/aromatic N) is 3. The second-order valence-electron chi connectivity index (χ2n) is 7.31. The largest absolute Gasteiger partial charge is 0.432 e. The summed E-state index contributed by atoms with van der Waals surface area (Å²) >= 11 is 1.12. The van der Waals surface area contributed by atoms with Crippen molar-refractivity contribution < 1.29 is 23.0 Å². The summed E-state index contributed by atoms with van der Waals surface area (Å²) in [4.78, 5) is 23.1. The van der Waals surface area contributed by atoms with Crippen molar-refractivity contribution in [1.29, 1.82) is 0 Å². The fourth-order valence-corrected chi connectivity index (χ4v) is 4.61. The van der Waals surface area contributed by atoms with Gasteiger partial charge in [-0.1, -0.05) is 41.7 Å². The number of hydrogen-bond acceptors (Lipinski definition) is 4. The van der Waals surface area contributed by atoms with Gasteiger partial charge >= 0.3 is 6.18 Å². The lowest BCUT2D eigenvalue weighted by atomic mass is 10.0. The number of carbonyl (C=O) groups excluding carboxylic acids is 1. The topological polar surface area (TPSA) is 75.3 Å². The van der Waals surface area contributed by atoms with Crippen LogP contribution in [-0.2, 0) is 11.2 Å². The minimum atomic E-state index is -4.74. The molecule has 162 valence electrons. The van der Waals surface area contributed by atoms with E-state index in [0.29, 0.717) is 18.5 Å². The van der Waals surface area contributed by atoms with Crippen molar-refractivity contribution in [2.24, 2.45) is 11.0 Å². The molecule has 0 fully saturated rings. The summed E-state index contributed by atoms with van der Waals surface area (Å²) < 4.78 is 41.6. The molecule has 1 aliphatic heterocycles. The molecule has 2 N–H and O–H groups in total. The van der Waals surface area contributed by atoms with Gasteiger partial charge in [0.2, 0.25) is 5.13 Å². The van der Waals surface area contributed by atoms with E-state index in [0.717, 1.165) is 37.5 Å². The summed E-state index contributed by atoms with van der Waals surface area (Å²) in [5, 5.41) is 5.54. The van der Waals surface area contributed by atoms with Crippen LogP contribution in [0.2, 0.25) is 0 Å². The van der Waals surface area contributed by atoms with E-state index in [1.54, 1.807) is 24.3 Å². The van der Waals surface area contributed by atoms with Crippen LogP contribution in [0.5, 0.6) is 0 Å². The predicted octanol–water partition coefficient (Wildman–Crippen LogP) is 3.05. The fraction of sp³-hybridized carbons (Fsp3) is 0.182. The molecule has 32 heavy (non-hydrogen) atoms. The highest BCUT2D eigenvalue weighted by Gasteiger charge is 2.51. The molecule has 2 aromatic heterocycles. The monoisotopic (exact) mass is 456 g/mol. The van der Waals surface area contributed by atoms with E-state index in [2.05, 4.69) is 20.1 Å². The minimum absolute atomic E-state index is 0.118. The Morgan fingerprint density at radius 3 is 2.75 bits per heavy atom. The van der Waals surface area contributed by atoms with Gasteiger partial charge in [-0.2, -0.15) is 23.3 Å². The number of alkyl halides is 3. The average Bonchev–Trinajstić information content (AvgIpc) is 3.46. The van der Waals surface area contributed by atoms with Crippen molar-refractivity contribution >= 4 is 55.4 Å². The Morgan fingerprint density at radius 1 is 1.16 bits per heavy atom. The van der Waals surface area contributed by atoms with Crippen molar-refractivity contribution in [3.63, 3.8) is 0 Å². The Morgan fingerprint density at radius 2 is 1.94 bits per heavy atom. The van der Waals surface area contributed by atoms with E-state index in [-0.39, 0.29) is 5.13 Å². The van der Waals surface area contributed by atoms with Crippen LogP contribution in [0, 0.1) is 5.92 Å². The molecule has 3 heterocycles. The first-order valence-corrected chi connectivity index (χ1v) is 10.7. The normalized spacial score (nSPS) is 17.2. The molecule has 0 spiro atoms. The zero-order valence-electron chi connectivity index (χ0n) is 16.6.